The Labute approximate surface area is 224 Å². The SMILES string of the molecule is CC1(C)c2ccccc2-c2cc3oc4ccc(N(c5ccccc5)c5ccccc5)cc4c3cc2C1(C)C. The summed E-state index contributed by atoms with van der Waals surface area (Å²) < 4.78 is 6.48. The first-order valence-electron chi connectivity index (χ1n) is 13.4. The second kappa shape index (κ2) is 8.10. The second-order valence-electron chi connectivity index (χ2n) is 11.5. The zero-order valence-electron chi connectivity index (χ0n) is 22.3. The molecule has 5 aromatic carbocycles. The van der Waals surface area contributed by atoms with Crippen LogP contribution in [0.1, 0.15) is 38.8 Å². The minimum absolute atomic E-state index is 0.00755. The molecule has 6 aromatic rings. The number of para-hydroxylation sites is 2. The molecule has 0 bridgehead atoms. The van der Waals surface area contributed by atoms with Crippen molar-refractivity contribution in [3.8, 4) is 11.1 Å². The van der Waals surface area contributed by atoms with Crippen LogP contribution in [-0.4, -0.2) is 0 Å². The maximum absolute atomic E-state index is 6.48. The van der Waals surface area contributed by atoms with E-state index in [4.69, 9.17) is 4.42 Å². The highest BCUT2D eigenvalue weighted by molar-refractivity contribution is 6.08. The van der Waals surface area contributed by atoms with Crippen LogP contribution in [0.15, 0.2) is 120 Å². The maximum Gasteiger partial charge on any atom is 0.136 e. The first-order valence-corrected chi connectivity index (χ1v) is 13.4. The van der Waals surface area contributed by atoms with Gasteiger partial charge in [0.05, 0.1) is 0 Å². The fourth-order valence-electron chi connectivity index (χ4n) is 6.23. The van der Waals surface area contributed by atoms with Crippen LogP contribution >= 0.6 is 0 Å². The Bertz CT molecular complexity index is 1770. The summed E-state index contributed by atoms with van der Waals surface area (Å²) in [6, 6.07) is 41.2. The van der Waals surface area contributed by atoms with E-state index in [1.165, 1.54) is 27.6 Å². The highest BCUT2D eigenvalue weighted by Crippen LogP contribution is 2.55. The number of rotatable bonds is 3. The molecule has 0 atom stereocenters. The number of anilines is 3. The van der Waals surface area contributed by atoms with Crippen molar-refractivity contribution in [1.29, 1.82) is 0 Å². The lowest BCUT2D eigenvalue weighted by Crippen LogP contribution is -2.43. The van der Waals surface area contributed by atoms with Crippen LogP contribution in [-0.2, 0) is 10.8 Å². The Balaban J connectivity index is 1.48. The largest absolute Gasteiger partial charge is 0.456 e. The average Bonchev–Trinajstić information content (AvgIpc) is 3.30. The van der Waals surface area contributed by atoms with E-state index in [1.54, 1.807) is 0 Å². The van der Waals surface area contributed by atoms with Gasteiger partial charge in [-0.25, -0.2) is 0 Å². The average molecular weight is 494 g/mol. The first kappa shape index (κ1) is 22.9. The van der Waals surface area contributed by atoms with Gasteiger partial charge >= 0.3 is 0 Å². The van der Waals surface area contributed by atoms with E-state index in [-0.39, 0.29) is 10.8 Å². The van der Waals surface area contributed by atoms with Crippen molar-refractivity contribution in [3.05, 3.63) is 126 Å². The molecular formula is C36H31NO. The standard InChI is InChI=1S/C36H31NO/c1-35(2)31-18-12-11-17-27(31)28-23-34-30(22-32(28)36(35,3)4)29-21-26(19-20-33(29)38-34)37(24-13-7-5-8-14-24)25-15-9-6-10-16-25/h5-23H,1-4H3. The Kier molecular flexibility index (Phi) is 4.87. The van der Waals surface area contributed by atoms with Gasteiger partial charge in [0.2, 0.25) is 0 Å². The van der Waals surface area contributed by atoms with Crippen molar-refractivity contribution in [2.24, 2.45) is 0 Å². The summed E-state index contributed by atoms with van der Waals surface area (Å²) >= 11 is 0. The number of benzene rings is 5. The Morgan fingerprint density at radius 3 is 1.74 bits per heavy atom. The third-order valence-corrected chi connectivity index (χ3v) is 9.01. The third kappa shape index (κ3) is 3.20. The van der Waals surface area contributed by atoms with E-state index >= 15 is 0 Å². The van der Waals surface area contributed by atoms with Crippen LogP contribution in [0, 0.1) is 0 Å². The van der Waals surface area contributed by atoms with E-state index in [0.717, 1.165) is 33.6 Å². The monoisotopic (exact) mass is 493 g/mol. The van der Waals surface area contributed by atoms with E-state index in [2.05, 4.69) is 148 Å². The fourth-order valence-corrected chi connectivity index (χ4v) is 6.23. The molecule has 1 aliphatic rings. The molecule has 2 nitrogen and oxygen atoms in total. The highest BCUT2D eigenvalue weighted by Gasteiger charge is 2.46. The predicted molar refractivity (Wildman–Crippen MR) is 160 cm³/mol. The van der Waals surface area contributed by atoms with Crippen molar-refractivity contribution in [2.45, 2.75) is 38.5 Å². The van der Waals surface area contributed by atoms with Crippen molar-refractivity contribution >= 4 is 39.0 Å². The summed E-state index contributed by atoms with van der Waals surface area (Å²) in [5.41, 5.74) is 10.5. The lowest BCUT2D eigenvalue weighted by molar-refractivity contribution is 0.299. The summed E-state index contributed by atoms with van der Waals surface area (Å²) in [5, 5.41) is 2.31. The molecule has 0 aliphatic heterocycles. The van der Waals surface area contributed by atoms with Gasteiger partial charge < -0.3 is 9.32 Å². The normalized spacial score (nSPS) is 15.3. The molecule has 38 heavy (non-hydrogen) atoms. The predicted octanol–water partition coefficient (Wildman–Crippen LogP) is 10.3. The molecule has 0 amide bonds. The molecule has 0 unspecified atom stereocenters. The molecule has 0 saturated carbocycles. The molecule has 1 heterocycles. The van der Waals surface area contributed by atoms with E-state index in [9.17, 15) is 0 Å². The third-order valence-electron chi connectivity index (χ3n) is 9.01. The van der Waals surface area contributed by atoms with Crippen LogP contribution in [0.5, 0.6) is 0 Å². The van der Waals surface area contributed by atoms with E-state index in [0.29, 0.717) is 0 Å². The number of fused-ring (bicyclic) bond motifs is 6. The van der Waals surface area contributed by atoms with Gasteiger partial charge in [-0.05, 0) is 87.7 Å². The summed E-state index contributed by atoms with van der Waals surface area (Å²) in [6.07, 6.45) is 0. The lowest BCUT2D eigenvalue weighted by atomic mass is 9.55. The molecule has 1 aromatic heterocycles. The van der Waals surface area contributed by atoms with Crippen LogP contribution in [0.25, 0.3) is 33.1 Å². The fraction of sp³-hybridized carbons (Fsp3) is 0.167. The van der Waals surface area contributed by atoms with Gasteiger partial charge in [-0.2, -0.15) is 0 Å². The van der Waals surface area contributed by atoms with Gasteiger partial charge in [0.15, 0.2) is 0 Å². The molecule has 0 radical (unpaired) electrons. The molecule has 0 N–H and O–H groups in total. The summed E-state index contributed by atoms with van der Waals surface area (Å²) in [6.45, 7) is 9.52. The van der Waals surface area contributed by atoms with Gasteiger partial charge in [0, 0.05) is 27.8 Å². The smallest absolute Gasteiger partial charge is 0.136 e. The molecule has 0 fully saturated rings. The van der Waals surface area contributed by atoms with Crippen LogP contribution in [0.3, 0.4) is 0 Å². The molecule has 2 heteroatoms. The first-order chi connectivity index (χ1) is 18.4. The van der Waals surface area contributed by atoms with Crippen LogP contribution in [0.2, 0.25) is 0 Å². The molecule has 0 saturated heterocycles. The zero-order chi connectivity index (χ0) is 26.1. The van der Waals surface area contributed by atoms with Gasteiger partial charge in [-0.3, -0.25) is 0 Å². The van der Waals surface area contributed by atoms with Gasteiger partial charge in [0.25, 0.3) is 0 Å². The summed E-state index contributed by atoms with van der Waals surface area (Å²) in [5.74, 6) is 0. The minimum atomic E-state index is -0.0494. The van der Waals surface area contributed by atoms with Crippen molar-refractivity contribution in [2.75, 3.05) is 4.90 Å². The van der Waals surface area contributed by atoms with Crippen molar-refractivity contribution in [3.63, 3.8) is 0 Å². The van der Waals surface area contributed by atoms with Gasteiger partial charge in [0.1, 0.15) is 11.2 Å². The number of hydrogen-bond donors (Lipinski definition) is 0. The Morgan fingerprint density at radius 1 is 0.474 bits per heavy atom. The lowest BCUT2D eigenvalue weighted by Gasteiger charge is -2.48. The van der Waals surface area contributed by atoms with E-state index in [1.807, 2.05) is 0 Å². The molecule has 1 aliphatic carbocycles. The number of furan rings is 1. The molecular weight excluding hydrogens is 462 g/mol. The van der Waals surface area contributed by atoms with Crippen molar-refractivity contribution in [1.82, 2.24) is 0 Å². The number of hydrogen-bond acceptors (Lipinski definition) is 2. The summed E-state index contributed by atoms with van der Waals surface area (Å²) in [7, 11) is 0. The topological polar surface area (TPSA) is 16.4 Å². The maximum atomic E-state index is 6.48. The minimum Gasteiger partial charge on any atom is -0.456 e. The van der Waals surface area contributed by atoms with Crippen molar-refractivity contribution < 1.29 is 4.42 Å². The molecule has 0 spiro atoms. The molecule has 7 rings (SSSR count). The number of nitrogens with zero attached hydrogens (tertiary/aromatic N) is 1. The van der Waals surface area contributed by atoms with E-state index < -0.39 is 0 Å². The van der Waals surface area contributed by atoms with Crippen LogP contribution in [0.4, 0.5) is 17.1 Å². The quantitative estimate of drug-likeness (QED) is 0.244. The van der Waals surface area contributed by atoms with Gasteiger partial charge in [-0.1, -0.05) is 88.4 Å². The summed E-state index contributed by atoms with van der Waals surface area (Å²) in [4.78, 5) is 2.31. The Morgan fingerprint density at radius 2 is 1.05 bits per heavy atom. The molecule has 186 valence electrons. The zero-order valence-corrected chi connectivity index (χ0v) is 22.3. The van der Waals surface area contributed by atoms with Crippen LogP contribution < -0.4 is 4.90 Å². The van der Waals surface area contributed by atoms with Gasteiger partial charge in [-0.15, -0.1) is 0 Å². The highest BCUT2D eigenvalue weighted by atomic mass is 16.3. The second-order valence-corrected chi connectivity index (χ2v) is 11.5. The Hall–Kier alpha value is -4.30.